The number of nitrogens with one attached hydrogen (secondary N) is 2. The lowest BCUT2D eigenvalue weighted by Crippen LogP contribution is -2.13. The van der Waals surface area contributed by atoms with Crippen molar-refractivity contribution in [2.45, 2.75) is 6.61 Å². The van der Waals surface area contributed by atoms with Crippen LogP contribution in [0.3, 0.4) is 0 Å². The summed E-state index contributed by atoms with van der Waals surface area (Å²) in [6.07, 6.45) is 0.954. The molecule has 1 aromatic carbocycles. The van der Waals surface area contributed by atoms with Gasteiger partial charge in [-0.3, -0.25) is 5.32 Å². The molecule has 1 amide bonds. The number of hydrogen-bond donors (Lipinski definition) is 3. The van der Waals surface area contributed by atoms with Gasteiger partial charge in [0.2, 0.25) is 0 Å². The lowest BCUT2D eigenvalue weighted by molar-refractivity contribution is 0.0691. The minimum absolute atomic E-state index is 0.0785. The maximum absolute atomic E-state index is 11.8. The second-order valence-electron chi connectivity index (χ2n) is 4.83. The van der Waals surface area contributed by atoms with Crippen molar-refractivity contribution in [1.29, 1.82) is 0 Å². The number of rotatable bonds is 5. The van der Waals surface area contributed by atoms with Crippen LogP contribution in [0, 0.1) is 0 Å². The maximum Gasteiger partial charge on any atom is 0.413 e. The predicted octanol–water partition coefficient (Wildman–Crippen LogP) is 3.59. The molecule has 7 nitrogen and oxygen atoms in total. The molecule has 122 valence electrons. The van der Waals surface area contributed by atoms with Crippen molar-refractivity contribution in [1.82, 2.24) is 9.97 Å². The zero-order valence-corrected chi connectivity index (χ0v) is 13.2. The van der Waals surface area contributed by atoms with Crippen molar-refractivity contribution in [3.05, 3.63) is 59.2 Å². The maximum atomic E-state index is 11.8. The molecule has 0 bridgehead atoms. The summed E-state index contributed by atoms with van der Waals surface area (Å²) in [7, 11) is 0. The summed E-state index contributed by atoms with van der Waals surface area (Å²) in [6, 6.07) is 10.8. The highest BCUT2D eigenvalue weighted by molar-refractivity contribution is 7.14. The van der Waals surface area contributed by atoms with Gasteiger partial charge in [-0.15, -0.1) is 11.3 Å². The average Bonchev–Trinajstić information content (AvgIpc) is 3.23. The van der Waals surface area contributed by atoms with Crippen molar-refractivity contribution in [2.24, 2.45) is 0 Å². The predicted molar refractivity (Wildman–Crippen MR) is 89.1 cm³/mol. The Morgan fingerprint density at radius 3 is 2.79 bits per heavy atom. The third-order valence-electron chi connectivity index (χ3n) is 3.14. The van der Waals surface area contributed by atoms with E-state index in [9.17, 15) is 9.59 Å². The zero-order chi connectivity index (χ0) is 16.9. The summed E-state index contributed by atoms with van der Waals surface area (Å²) >= 11 is 1.23. The van der Waals surface area contributed by atoms with E-state index < -0.39 is 12.1 Å². The van der Waals surface area contributed by atoms with E-state index in [4.69, 9.17) is 9.84 Å². The molecule has 2 heterocycles. The number of carbonyl (C=O) groups is 2. The molecule has 0 radical (unpaired) electrons. The van der Waals surface area contributed by atoms with Crippen molar-refractivity contribution in [2.75, 3.05) is 5.32 Å². The van der Waals surface area contributed by atoms with E-state index in [2.05, 4.69) is 15.3 Å². The molecule has 0 saturated heterocycles. The van der Waals surface area contributed by atoms with Gasteiger partial charge in [0.1, 0.15) is 12.3 Å². The molecule has 3 rings (SSSR count). The molecule has 0 spiro atoms. The van der Waals surface area contributed by atoms with Crippen molar-refractivity contribution in [3.63, 3.8) is 0 Å². The van der Waals surface area contributed by atoms with Crippen molar-refractivity contribution in [3.8, 4) is 11.3 Å². The number of nitrogens with zero attached hydrogens (tertiary/aromatic N) is 1. The van der Waals surface area contributed by atoms with Gasteiger partial charge in [-0.25, -0.2) is 14.6 Å². The van der Waals surface area contributed by atoms with Crippen LogP contribution >= 0.6 is 11.3 Å². The summed E-state index contributed by atoms with van der Waals surface area (Å²) in [6.45, 7) is 0.171. The number of thiazole rings is 1. The molecule has 2 aromatic heterocycles. The van der Waals surface area contributed by atoms with Crippen LogP contribution in [0.15, 0.2) is 48.0 Å². The Hall–Kier alpha value is -3.13. The van der Waals surface area contributed by atoms with Gasteiger partial charge in [0.25, 0.3) is 0 Å². The number of aromatic carboxylic acids is 1. The highest BCUT2D eigenvalue weighted by Gasteiger charge is 2.12. The Kier molecular flexibility index (Phi) is 4.57. The molecule has 0 saturated carbocycles. The number of ether oxygens (including phenoxy) is 1. The van der Waals surface area contributed by atoms with Crippen LogP contribution < -0.4 is 5.32 Å². The van der Waals surface area contributed by atoms with Crippen LogP contribution in [-0.2, 0) is 11.3 Å². The minimum Gasteiger partial charge on any atom is -0.477 e. The molecule has 0 aliphatic carbocycles. The highest BCUT2D eigenvalue weighted by atomic mass is 32.1. The number of aromatic nitrogens is 2. The summed E-state index contributed by atoms with van der Waals surface area (Å²) < 4.78 is 5.12. The molecule has 0 atom stereocenters. The van der Waals surface area contributed by atoms with Gasteiger partial charge in [-0.05, 0) is 11.6 Å². The average molecular weight is 343 g/mol. The van der Waals surface area contributed by atoms with E-state index >= 15 is 0 Å². The normalized spacial score (nSPS) is 10.3. The zero-order valence-electron chi connectivity index (χ0n) is 12.4. The fourth-order valence-electron chi connectivity index (χ4n) is 1.98. The molecule has 3 N–H and O–H groups in total. The van der Waals surface area contributed by atoms with Crippen molar-refractivity contribution < 1.29 is 19.4 Å². The van der Waals surface area contributed by atoms with Crippen LogP contribution in [0.2, 0.25) is 0 Å². The lowest BCUT2D eigenvalue weighted by atomic mass is 10.2. The third kappa shape index (κ3) is 3.79. The minimum atomic E-state index is -1.04. The topological polar surface area (TPSA) is 104 Å². The van der Waals surface area contributed by atoms with Crippen LogP contribution in [0.4, 0.5) is 9.93 Å². The summed E-state index contributed by atoms with van der Waals surface area (Å²) in [5, 5.41) is 13.6. The van der Waals surface area contributed by atoms with E-state index in [1.54, 1.807) is 11.6 Å². The number of amides is 1. The molecule has 8 heteroatoms. The number of carboxylic acids is 1. The summed E-state index contributed by atoms with van der Waals surface area (Å²) in [5.41, 5.74) is 2.17. The van der Waals surface area contributed by atoms with Crippen LogP contribution in [-0.4, -0.2) is 27.1 Å². The van der Waals surface area contributed by atoms with E-state index in [0.717, 1.165) is 5.56 Å². The monoisotopic (exact) mass is 343 g/mol. The van der Waals surface area contributed by atoms with Gasteiger partial charge >= 0.3 is 12.1 Å². The molecular formula is C16H13N3O4S. The van der Waals surface area contributed by atoms with Gasteiger partial charge in [0, 0.05) is 17.1 Å². The van der Waals surface area contributed by atoms with Gasteiger partial charge in [0.15, 0.2) is 5.13 Å². The Bertz CT molecular complexity index is 857. The number of carboxylic acid groups (broad SMARTS) is 1. The smallest absolute Gasteiger partial charge is 0.413 e. The number of anilines is 1. The Morgan fingerprint density at radius 1 is 1.29 bits per heavy atom. The first-order valence-corrected chi connectivity index (χ1v) is 7.85. The Morgan fingerprint density at radius 2 is 2.08 bits per heavy atom. The lowest BCUT2D eigenvalue weighted by Gasteiger charge is -2.04. The number of aromatic amines is 1. The Balaban J connectivity index is 1.59. The standard InChI is InChI=1S/C16H13N3O4S/c20-14(21)12-6-11(7-17-12)13-9-24-15(18-13)19-16(22)23-8-10-4-2-1-3-5-10/h1-7,9,17H,8H2,(H,20,21)(H,18,19,22). The van der Waals surface area contributed by atoms with Crippen LogP contribution in [0.25, 0.3) is 11.3 Å². The first-order valence-electron chi connectivity index (χ1n) is 6.97. The summed E-state index contributed by atoms with van der Waals surface area (Å²) in [4.78, 5) is 29.5. The van der Waals surface area contributed by atoms with Crippen LogP contribution in [0.1, 0.15) is 16.1 Å². The van der Waals surface area contributed by atoms with Gasteiger partial charge in [0.05, 0.1) is 5.69 Å². The molecule has 24 heavy (non-hydrogen) atoms. The second kappa shape index (κ2) is 6.97. The SMILES string of the molecule is O=C(Nc1nc(-c2c[nH]c(C(=O)O)c2)cs1)OCc1ccccc1. The molecule has 0 fully saturated rings. The molecule has 0 unspecified atom stereocenters. The van der Waals surface area contributed by atoms with E-state index in [0.29, 0.717) is 16.4 Å². The van der Waals surface area contributed by atoms with E-state index in [1.807, 2.05) is 30.3 Å². The van der Waals surface area contributed by atoms with Crippen LogP contribution in [0.5, 0.6) is 0 Å². The van der Waals surface area contributed by atoms with E-state index in [-0.39, 0.29) is 12.3 Å². The largest absolute Gasteiger partial charge is 0.477 e. The number of benzene rings is 1. The fraction of sp³-hybridized carbons (Fsp3) is 0.0625. The van der Waals surface area contributed by atoms with Gasteiger partial charge < -0.3 is 14.8 Å². The highest BCUT2D eigenvalue weighted by Crippen LogP contribution is 2.25. The Labute approximate surface area is 140 Å². The second-order valence-corrected chi connectivity index (χ2v) is 5.69. The number of carbonyl (C=O) groups excluding carboxylic acids is 1. The summed E-state index contributed by atoms with van der Waals surface area (Å²) in [5.74, 6) is -1.04. The van der Waals surface area contributed by atoms with E-state index in [1.165, 1.54) is 17.4 Å². The van der Waals surface area contributed by atoms with Gasteiger partial charge in [-0.2, -0.15) is 0 Å². The molecule has 0 aliphatic heterocycles. The first kappa shape index (κ1) is 15.8. The number of H-pyrrole nitrogens is 1. The molecule has 3 aromatic rings. The molecule has 0 aliphatic rings. The molecular weight excluding hydrogens is 330 g/mol. The van der Waals surface area contributed by atoms with Crippen molar-refractivity contribution >= 4 is 28.5 Å². The quantitative estimate of drug-likeness (QED) is 0.657. The number of hydrogen-bond acceptors (Lipinski definition) is 5. The fourth-order valence-corrected chi connectivity index (χ4v) is 2.68. The van der Waals surface area contributed by atoms with Gasteiger partial charge in [-0.1, -0.05) is 30.3 Å². The third-order valence-corrected chi connectivity index (χ3v) is 3.89. The first-order chi connectivity index (χ1) is 11.6.